The normalized spacial score (nSPS) is 18.1. The molecule has 2 fully saturated rings. The summed E-state index contributed by atoms with van der Waals surface area (Å²) in [4.78, 5) is 6.57. The van der Waals surface area contributed by atoms with Crippen LogP contribution in [0.3, 0.4) is 0 Å². The predicted octanol–water partition coefficient (Wildman–Crippen LogP) is 4.17. The molecule has 0 amide bonds. The Bertz CT molecular complexity index is 1030. The second kappa shape index (κ2) is 8.72. The molecule has 0 radical (unpaired) electrons. The van der Waals surface area contributed by atoms with Crippen molar-refractivity contribution in [2.24, 2.45) is 0 Å². The average molecular weight is 427 g/mol. The summed E-state index contributed by atoms with van der Waals surface area (Å²) in [6.07, 6.45) is 1.82. The number of hydrogen-bond donors (Lipinski definition) is 0. The van der Waals surface area contributed by atoms with Gasteiger partial charge in [-0.05, 0) is 55.3 Å². The van der Waals surface area contributed by atoms with E-state index in [9.17, 15) is 8.78 Å². The summed E-state index contributed by atoms with van der Waals surface area (Å²) in [7, 11) is 0. The minimum atomic E-state index is -0.425. The molecule has 2 aliphatic heterocycles. The van der Waals surface area contributed by atoms with Crippen molar-refractivity contribution in [3.63, 3.8) is 0 Å². The van der Waals surface area contributed by atoms with Crippen molar-refractivity contribution in [2.45, 2.75) is 31.4 Å². The second-order valence-electron chi connectivity index (χ2n) is 8.04. The molecule has 2 saturated heterocycles. The number of ether oxygens (including phenoxy) is 2. The van der Waals surface area contributed by atoms with Crippen LogP contribution in [0, 0.1) is 11.6 Å². The first kappa shape index (κ1) is 20.1. The molecule has 8 heteroatoms. The molecule has 2 aliphatic rings. The van der Waals surface area contributed by atoms with E-state index < -0.39 is 5.82 Å². The lowest BCUT2D eigenvalue weighted by atomic mass is 10.0. The van der Waals surface area contributed by atoms with Gasteiger partial charge in [-0.2, -0.15) is 4.98 Å². The molecule has 0 spiro atoms. The zero-order chi connectivity index (χ0) is 21.2. The molecular formula is C23H23F2N3O3. The summed E-state index contributed by atoms with van der Waals surface area (Å²) in [5.41, 5.74) is 1.23. The van der Waals surface area contributed by atoms with Gasteiger partial charge in [0, 0.05) is 49.9 Å². The zero-order valence-corrected chi connectivity index (χ0v) is 17.0. The van der Waals surface area contributed by atoms with Gasteiger partial charge in [-0.3, -0.25) is 4.90 Å². The van der Waals surface area contributed by atoms with E-state index in [1.54, 1.807) is 0 Å². The van der Waals surface area contributed by atoms with E-state index in [0.29, 0.717) is 36.9 Å². The largest absolute Gasteiger partial charge is 0.488 e. The molecule has 3 heterocycles. The molecule has 3 aromatic rings. The van der Waals surface area contributed by atoms with Gasteiger partial charge in [-0.15, -0.1) is 0 Å². The number of benzene rings is 2. The summed E-state index contributed by atoms with van der Waals surface area (Å²) >= 11 is 0. The number of rotatable bonds is 6. The SMILES string of the molecule is Fc1ccc(F)c(CN2CC(Oc3ccc(-c4noc(C5CCOCC5)n4)cc3)C2)c1. The van der Waals surface area contributed by atoms with Crippen molar-refractivity contribution < 1.29 is 22.8 Å². The van der Waals surface area contributed by atoms with Crippen molar-refractivity contribution >= 4 is 0 Å². The van der Waals surface area contributed by atoms with E-state index in [2.05, 4.69) is 10.1 Å². The van der Waals surface area contributed by atoms with Crippen LogP contribution in [0.5, 0.6) is 5.75 Å². The van der Waals surface area contributed by atoms with Gasteiger partial charge in [0.25, 0.3) is 0 Å². The van der Waals surface area contributed by atoms with Crippen LogP contribution >= 0.6 is 0 Å². The minimum absolute atomic E-state index is 0.0211. The standard InChI is InChI=1S/C23H23F2N3O3/c24-18-3-6-21(25)17(11-18)12-28-13-20(14-28)30-19-4-1-15(2-5-19)22-26-23(31-27-22)16-7-9-29-10-8-16/h1-6,11,16,20H,7-10,12-14H2. The Morgan fingerprint density at radius 2 is 1.81 bits per heavy atom. The van der Waals surface area contributed by atoms with E-state index in [1.165, 1.54) is 6.07 Å². The second-order valence-corrected chi connectivity index (χ2v) is 8.04. The molecule has 6 nitrogen and oxygen atoms in total. The van der Waals surface area contributed by atoms with Gasteiger partial charge in [0.2, 0.25) is 11.7 Å². The summed E-state index contributed by atoms with van der Waals surface area (Å²) < 4.78 is 43.9. The fourth-order valence-electron chi connectivity index (χ4n) is 3.97. The zero-order valence-electron chi connectivity index (χ0n) is 17.0. The van der Waals surface area contributed by atoms with Crippen LogP contribution in [0.2, 0.25) is 0 Å². The van der Waals surface area contributed by atoms with Crippen molar-refractivity contribution in [3.8, 4) is 17.1 Å². The third-order valence-electron chi connectivity index (χ3n) is 5.75. The van der Waals surface area contributed by atoms with Gasteiger partial charge in [0.1, 0.15) is 23.5 Å². The molecule has 0 N–H and O–H groups in total. The number of hydrogen-bond acceptors (Lipinski definition) is 6. The maximum Gasteiger partial charge on any atom is 0.230 e. The quantitative estimate of drug-likeness (QED) is 0.589. The van der Waals surface area contributed by atoms with Crippen LogP contribution in [0.25, 0.3) is 11.4 Å². The fourth-order valence-corrected chi connectivity index (χ4v) is 3.97. The van der Waals surface area contributed by atoms with E-state index >= 15 is 0 Å². The number of halogens is 2. The Morgan fingerprint density at radius 1 is 1.03 bits per heavy atom. The highest BCUT2D eigenvalue weighted by Crippen LogP contribution is 2.28. The highest BCUT2D eigenvalue weighted by Gasteiger charge is 2.29. The molecule has 0 bridgehead atoms. The van der Waals surface area contributed by atoms with E-state index in [-0.39, 0.29) is 17.8 Å². The predicted molar refractivity (Wildman–Crippen MR) is 109 cm³/mol. The van der Waals surface area contributed by atoms with E-state index in [0.717, 1.165) is 49.5 Å². The molecule has 0 saturated carbocycles. The molecule has 5 rings (SSSR count). The van der Waals surface area contributed by atoms with Crippen molar-refractivity contribution in [3.05, 3.63) is 65.6 Å². The average Bonchev–Trinajstić information content (AvgIpc) is 3.26. The van der Waals surface area contributed by atoms with Gasteiger partial charge in [-0.1, -0.05) is 5.16 Å². The van der Waals surface area contributed by atoms with Crippen LogP contribution in [0.1, 0.15) is 30.2 Å². The number of likely N-dealkylation sites (tertiary alicyclic amines) is 1. The first-order valence-electron chi connectivity index (χ1n) is 10.5. The van der Waals surface area contributed by atoms with Crippen LogP contribution < -0.4 is 4.74 Å². The molecule has 162 valence electrons. The Balaban J connectivity index is 1.14. The van der Waals surface area contributed by atoms with Crippen molar-refractivity contribution in [2.75, 3.05) is 26.3 Å². The lowest BCUT2D eigenvalue weighted by Gasteiger charge is -2.39. The lowest BCUT2D eigenvalue weighted by Crippen LogP contribution is -2.53. The summed E-state index contributed by atoms with van der Waals surface area (Å²) in [5, 5.41) is 4.11. The summed E-state index contributed by atoms with van der Waals surface area (Å²) in [6.45, 7) is 3.15. The Kier molecular flexibility index (Phi) is 5.65. The Hall–Kier alpha value is -2.84. The van der Waals surface area contributed by atoms with Gasteiger partial charge in [0.15, 0.2) is 0 Å². The first-order chi connectivity index (χ1) is 15.1. The molecule has 1 aromatic heterocycles. The Labute approximate surface area is 178 Å². The summed E-state index contributed by atoms with van der Waals surface area (Å²) in [6, 6.07) is 11.1. The van der Waals surface area contributed by atoms with Crippen LogP contribution in [-0.4, -0.2) is 47.4 Å². The van der Waals surface area contributed by atoms with Crippen molar-refractivity contribution in [1.82, 2.24) is 15.0 Å². The molecule has 31 heavy (non-hydrogen) atoms. The maximum atomic E-state index is 13.8. The van der Waals surface area contributed by atoms with Crippen LogP contribution in [0.4, 0.5) is 8.78 Å². The Morgan fingerprint density at radius 3 is 2.58 bits per heavy atom. The monoisotopic (exact) mass is 427 g/mol. The highest BCUT2D eigenvalue weighted by molar-refractivity contribution is 5.55. The third-order valence-corrected chi connectivity index (χ3v) is 5.75. The number of aromatic nitrogens is 2. The molecule has 0 atom stereocenters. The van der Waals surface area contributed by atoms with E-state index in [4.69, 9.17) is 14.0 Å². The minimum Gasteiger partial charge on any atom is -0.488 e. The van der Waals surface area contributed by atoms with Gasteiger partial charge >= 0.3 is 0 Å². The molecular weight excluding hydrogens is 404 g/mol. The molecule has 0 aliphatic carbocycles. The third kappa shape index (κ3) is 4.60. The lowest BCUT2D eigenvalue weighted by molar-refractivity contribution is 0.0139. The van der Waals surface area contributed by atoms with Crippen LogP contribution in [-0.2, 0) is 11.3 Å². The smallest absolute Gasteiger partial charge is 0.230 e. The van der Waals surface area contributed by atoms with E-state index in [1.807, 2.05) is 29.2 Å². The fraction of sp³-hybridized carbons (Fsp3) is 0.391. The topological polar surface area (TPSA) is 60.6 Å². The highest BCUT2D eigenvalue weighted by atomic mass is 19.1. The first-order valence-corrected chi connectivity index (χ1v) is 10.5. The number of nitrogens with zero attached hydrogens (tertiary/aromatic N) is 3. The van der Waals surface area contributed by atoms with Gasteiger partial charge < -0.3 is 14.0 Å². The molecule has 2 aromatic carbocycles. The van der Waals surface area contributed by atoms with Crippen LogP contribution in [0.15, 0.2) is 47.0 Å². The molecule has 0 unspecified atom stereocenters. The van der Waals surface area contributed by atoms with Gasteiger partial charge in [-0.25, -0.2) is 8.78 Å². The van der Waals surface area contributed by atoms with Gasteiger partial charge in [0.05, 0.1) is 0 Å². The summed E-state index contributed by atoms with van der Waals surface area (Å²) in [5.74, 6) is 1.44. The van der Waals surface area contributed by atoms with Crippen molar-refractivity contribution in [1.29, 1.82) is 0 Å². The maximum absolute atomic E-state index is 13.8.